The number of nitrogens with zero attached hydrogens (tertiary/aromatic N) is 1. The number of halogens is 3. The number of benzene rings is 1. The van der Waals surface area contributed by atoms with Gasteiger partial charge in [-0.05, 0) is 62.5 Å². The van der Waals surface area contributed by atoms with Crippen molar-refractivity contribution in [2.45, 2.75) is 6.92 Å². The van der Waals surface area contributed by atoms with Crippen LogP contribution in [0.3, 0.4) is 0 Å². The second kappa shape index (κ2) is 6.03. The van der Waals surface area contributed by atoms with Gasteiger partial charge in [0.15, 0.2) is 0 Å². The summed E-state index contributed by atoms with van der Waals surface area (Å²) in [6, 6.07) is 6.98. The number of carbonyl (C=O) groups is 1. The largest absolute Gasteiger partial charge is 0.307 e. The van der Waals surface area contributed by atoms with Crippen LogP contribution in [0.5, 0.6) is 0 Å². The van der Waals surface area contributed by atoms with Crippen LogP contribution in [-0.4, -0.2) is 10.9 Å². The van der Waals surface area contributed by atoms with E-state index in [1.165, 1.54) is 0 Å². The minimum atomic E-state index is -0.291. The van der Waals surface area contributed by atoms with E-state index in [0.29, 0.717) is 20.9 Å². The highest BCUT2D eigenvalue weighted by Gasteiger charge is 2.13. The van der Waals surface area contributed by atoms with Gasteiger partial charge in [0, 0.05) is 15.1 Å². The van der Waals surface area contributed by atoms with E-state index >= 15 is 0 Å². The van der Waals surface area contributed by atoms with Gasteiger partial charge in [-0.1, -0.05) is 17.7 Å². The number of hydrogen-bond acceptors (Lipinski definition) is 2. The number of hydrogen-bond donors (Lipinski definition) is 1. The lowest BCUT2D eigenvalue weighted by atomic mass is 10.2. The zero-order chi connectivity index (χ0) is 14.0. The topological polar surface area (TPSA) is 42.0 Å². The normalized spacial score (nSPS) is 10.3. The second-order valence-electron chi connectivity index (χ2n) is 3.87. The van der Waals surface area contributed by atoms with Crippen LogP contribution in [-0.2, 0) is 0 Å². The third kappa shape index (κ3) is 3.35. The van der Waals surface area contributed by atoms with Crippen molar-refractivity contribution in [3.05, 3.63) is 55.6 Å². The van der Waals surface area contributed by atoms with Crippen molar-refractivity contribution in [1.29, 1.82) is 0 Å². The summed E-state index contributed by atoms with van der Waals surface area (Å²) in [4.78, 5) is 16.2. The maximum atomic E-state index is 12.1. The zero-order valence-electron chi connectivity index (χ0n) is 9.88. The molecule has 2 rings (SSSR count). The average Bonchev–Trinajstić information content (AvgIpc) is 2.37. The molecule has 0 saturated heterocycles. The average molecular weight is 404 g/mol. The molecule has 0 spiro atoms. The Morgan fingerprint density at radius 2 is 2.05 bits per heavy atom. The molecular formula is C13H9Br2ClN2O. The lowest BCUT2D eigenvalue weighted by Crippen LogP contribution is -2.13. The summed E-state index contributed by atoms with van der Waals surface area (Å²) in [6.07, 6.45) is 1.65. The molecule has 1 aromatic heterocycles. The summed E-state index contributed by atoms with van der Waals surface area (Å²) in [5, 5.41) is 3.10. The highest BCUT2D eigenvalue weighted by Crippen LogP contribution is 2.26. The predicted molar refractivity (Wildman–Crippen MR) is 83.8 cm³/mol. The number of anilines is 1. The SMILES string of the molecule is Cc1cc(NC(=O)c2cccc(Br)c2Cl)ncc1Br. The Morgan fingerprint density at radius 3 is 2.74 bits per heavy atom. The fourth-order valence-corrected chi connectivity index (χ4v) is 2.27. The van der Waals surface area contributed by atoms with Crippen LogP contribution in [0.15, 0.2) is 39.4 Å². The van der Waals surface area contributed by atoms with Crippen molar-refractivity contribution < 1.29 is 4.79 Å². The van der Waals surface area contributed by atoms with Gasteiger partial charge in [0.2, 0.25) is 0 Å². The second-order valence-corrected chi connectivity index (χ2v) is 5.96. The number of pyridine rings is 1. The van der Waals surface area contributed by atoms with Gasteiger partial charge in [-0.15, -0.1) is 0 Å². The van der Waals surface area contributed by atoms with Crippen LogP contribution in [0.4, 0.5) is 5.82 Å². The fraction of sp³-hybridized carbons (Fsp3) is 0.0769. The van der Waals surface area contributed by atoms with Crippen LogP contribution in [0.25, 0.3) is 0 Å². The molecule has 3 nitrogen and oxygen atoms in total. The molecule has 0 aliphatic heterocycles. The van der Waals surface area contributed by atoms with Gasteiger partial charge in [-0.25, -0.2) is 4.98 Å². The van der Waals surface area contributed by atoms with Crippen molar-refractivity contribution in [2.75, 3.05) is 5.32 Å². The van der Waals surface area contributed by atoms with E-state index in [0.717, 1.165) is 10.0 Å². The van der Waals surface area contributed by atoms with Gasteiger partial charge in [0.25, 0.3) is 5.91 Å². The van der Waals surface area contributed by atoms with Crippen LogP contribution < -0.4 is 5.32 Å². The predicted octanol–water partition coefficient (Wildman–Crippen LogP) is 4.82. The fourth-order valence-electron chi connectivity index (χ4n) is 1.47. The van der Waals surface area contributed by atoms with Gasteiger partial charge in [0.05, 0.1) is 10.6 Å². The molecule has 2 aromatic rings. The van der Waals surface area contributed by atoms with E-state index in [9.17, 15) is 4.79 Å². The Balaban J connectivity index is 2.26. The quantitative estimate of drug-likeness (QED) is 0.780. The van der Waals surface area contributed by atoms with E-state index in [1.807, 2.05) is 6.92 Å². The number of amides is 1. The Bertz CT molecular complexity index is 647. The lowest BCUT2D eigenvalue weighted by molar-refractivity contribution is 0.102. The first kappa shape index (κ1) is 14.5. The first-order chi connectivity index (χ1) is 8.99. The molecule has 6 heteroatoms. The van der Waals surface area contributed by atoms with Crippen molar-refractivity contribution >= 4 is 55.2 Å². The molecule has 1 N–H and O–H groups in total. The van der Waals surface area contributed by atoms with E-state index in [4.69, 9.17) is 11.6 Å². The Hall–Kier alpha value is -0.910. The molecule has 19 heavy (non-hydrogen) atoms. The zero-order valence-corrected chi connectivity index (χ0v) is 13.8. The van der Waals surface area contributed by atoms with Crippen LogP contribution in [0.1, 0.15) is 15.9 Å². The molecule has 1 amide bonds. The van der Waals surface area contributed by atoms with E-state index < -0.39 is 0 Å². The molecule has 0 unspecified atom stereocenters. The van der Waals surface area contributed by atoms with Gasteiger partial charge in [0.1, 0.15) is 5.82 Å². The Morgan fingerprint density at radius 1 is 1.32 bits per heavy atom. The maximum Gasteiger partial charge on any atom is 0.258 e. The van der Waals surface area contributed by atoms with E-state index in [1.54, 1.807) is 30.5 Å². The van der Waals surface area contributed by atoms with E-state index in [-0.39, 0.29) is 5.91 Å². The molecule has 1 heterocycles. The van der Waals surface area contributed by atoms with Gasteiger partial charge in [-0.2, -0.15) is 0 Å². The smallest absolute Gasteiger partial charge is 0.258 e. The number of aryl methyl sites for hydroxylation is 1. The minimum Gasteiger partial charge on any atom is -0.307 e. The molecule has 1 aromatic carbocycles. The Kier molecular flexibility index (Phi) is 4.60. The van der Waals surface area contributed by atoms with Gasteiger partial charge < -0.3 is 5.32 Å². The summed E-state index contributed by atoms with van der Waals surface area (Å²) in [5.74, 6) is 0.197. The molecule has 98 valence electrons. The third-order valence-corrected chi connectivity index (χ3v) is 4.61. The first-order valence-electron chi connectivity index (χ1n) is 5.36. The monoisotopic (exact) mass is 402 g/mol. The van der Waals surface area contributed by atoms with Gasteiger partial charge in [-0.3, -0.25) is 4.79 Å². The summed E-state index contributed by atoms with van der Waals surface area (Å²) in [7, 11) is 0. The maximum absolute atomic E-state index is 12.1. The highest BCUT2D eigenvalue weighted by atomic mass is 79.9. The van der Waals surface area contributed by atoms with Crippen molar-refractivity contribution in [3.63, 3.8) is 0 Å². The molecule has 0 aliphatic carbocycles. The number of carbonyl (C=O) groups excluding carboxylic acids is 1. The van der Waals surface area contributed by atoms with E-state index in [2.05, 4.69) is 42.2 Å². The van der Waals surface area contributed by atoms with Gasteiger partial charge >= 0.3 is 0 Å². The third-order valence-electron chi connectivity index (χ3n) is 2.48. The highest BCUT2D eigenvalue weighted by molar-refractivity contribution is 9.10. The standard InChI is InChI=1S/C13H9Br2ClN2O/c1-7-5-11(17-6-10(7)15)18-13(19)8-3-2-4-9(14)12(8)16/h2-6H,1H3,(H,17,18,19). The van der Waals surface area contributed by atoms with Crippen molar-refractivity contribution in [1.82, 2.24) is 4.98 Å². The molecule has 0 bridgehead atoms. The van der Waals surface area contributed by atoms with Crippen LogP contribution in [0, 0.1) is 6.92 Å². The summed E-state index contributed by atoms with van der Waals surface area (Å²) < 4.78 is 1.58. The van der Waals surface area contributed by atoms with Crippen LogP contribution in [0.2, 0.25) is 5.02 Å². The molecule has 0 aliphatic rings. The minimum absolute atomic E-state index is 0.291. The van der Waals surface area contributed by atoms with Crippen LogP contribution >= 0.6 is 43.5 Å². The summed E-state index contributed by atoms with van der Waals surface area (Å²) >= 11 is 12.7. The molecule has 0 saturated carbocycles. The molecular weight excluding hydrogens is 395 g/mol. The number of nitrogens with one attached hydrogen (secondary N) is 1. The number of rotatable bonds is 2. The first-order valence-corrected chi connectivity index (χ1v) is 7.33. The summed E-state index contributed by atoms with van der Waals surface area (Å²) in [6.45, 7) is 1.92. The molecule has 0 fully saturated rings. The van der Waals surface area contributed by atoms with Crippen molar-refractivity contribution in [3.8, 4) is 0 Å². The molecule has 0 radical (unpaired) electrons. The Labute approximate surface area is 132 Å². The summed E-state index contributed by atoms with van der Waals surface area (Å²) in [5.41, 5.74) is 1.39. The molecule has 0 atom stereocenters. The lowest BCUT2D eigenvalue weighted by Gasteiger charge is -2.08. The van der Waals surface area contributed by atoms with Crippen molar-refractivity contribution in [2.24, 2.45) is 0 Å². The number of aromatic nitrogens is 1.